The third-order valence-electron chi connectivity index (χ3n) is 1.41. The molecule has 1 fully saturated rings. The van der Waals surface area contributed by atoms with Gasteiger partial charge in [-0.3, -0.25) is 0 Å². The zero-order chi connectivity index (χ0) is 8.54. The lowest BCUT2D eigenvalue weighted by Gasteiger charge is -2.32. The first-order chi connectivity index (χ1) is 4.91. The molecular weight excluding hydrogens is 154 g/mol. The van der Waals surface area contributed by atoms with Gasteiger partial charge in [0.2, 0.25) is 0 Å². The third-order valence-corrected chi connectivity index (χ3v) is 2.28. The maximum atomic E-state index is 5.83. The fraction of sp³-hybridized carbons (Fsp3) is 0.750. The highest BCUT2D eigenvalue weighted by Gasteiger charge is 2.32. The summed E-state index contributed by atoms with van der Waals surface area (Å²) in [6.07, 6.45) is 0. The van der Waals surface area contributed by atoms with Crippen LogP contribution in [0.3, 0.4) is 0 Å². The van der Waals surface area contributed by atoms with Crippen LogP contribution in [0.1, 0.15) is 0 Å². The van der Waals surface area contributed by atoms with Crippen molar-refractivity contribution in [1.82, 2.24) is 0 Å². The van der Waals surface area contributed by atoms with Gasteiger partial charge in [-0.2, -0.15) is 0 Å². The number of hydrogen-bond donors (Lipinski definition) is 1. The molecule has 11 heavy (non-hydrogen) atoms. The van der Waals surface area contributed by atoms with Gasteiger partial charge in [0.25, 0.3) is 0 Å². The molecule has 2 N–H and O–H groups in total. The van der Waals surface area contributed by atoms with E-state index < -0.39 is 8.07 Å². The van der Waals surface area contributed by atoms with Gasteiger partial charge >= 0.3 is 0 Å². The lowest BCUT2D eigenvalue weighted by Crippen LogP contribution is -2.56. The lowest BCUT2D eigenvalue weighted by atomic mass is 10.0. The van der Waals surface area contributed by atoms with Crippen LogP contribution in [0.25, 0.3) is 0 Å². The Morgan fingerprint density at radius 1 is 1.36 bits per heavy atom. The Bertz CT molecular complexity index is 204. The molecular formula is C8H15NOSi. The van der Waals surface area contributed by atoms with E-state index in [0.717, 1.165) is 0 Å². The minimum atomic E-state index is -1.25. The molecule has 0 saturated carbocycles. The summed E-state index contributed by atoms with van der Waals surface area (Å²) in [5.74, 6) is 3.10. The minimum absolute atomic E-state index is 0.319. The maximum absolute atomic E-state index is 5.83. The van der Waals surface area contributed by atoms with Crippen LogP contribution in [0, 0.1) is 11.5 Å². The summed E-state index contributed by atoms with van der Waals surface area (Å²) < 4.78 is 4.99. The monoisotopic (exact) mass is 169 g/mol. The number of nitrogens with two attached hydrogens (primary N) is 1. The molecule has 0 unspecified atom stereocenters. The van der Waals surface area contributed by atoms with Crippen LogP contribution < -0.4 is 5.73 Å². The zero-order valence-corrected chi connectivity index (χ0v) is 8.40. The number of ether oxygens (including phenoxy) is 1. The average Bonchev–Trinajstić information content (AvgIpc) is 1.77. The molecule has 1 rings (SSSR count). The third kappa shape index (κ3) is 2.66. The standard InChI is InChI=1S/C8H15NOSi/c1-11(2,3)5-4-8(9)6-10-7-8/h6-7,9H2,1-3H3. The SMILES string of the molecule is C[Si](C)(C)C#CC1(N)COC1. The Hall–Kier alpha value is -0.303. The first-order valence-electron chi connectivity index (χ1n) is 3.82. The fourth-order valence-electron chi connectivity index (χ4n) is 0.706. The largest absolute Gasteiger partial charge is 0.375 e. The van der Waals surface area contributed by atoms with Gasteiger partial charge in [0.15, 0.2) is 0 Å². The van der Waals surface area contributed by atoms with Crippen LogP contribution in [0.4, 0.5) is 0 Å². The second kappa shape index (κ2) is 2.63. The molecule has 1 saturated heterocycles. The molecule has 3 heteroatoms. The zero-order valence-electron chi connectivity index (χ0n) is 7.40. The van der Waals surface area contributed by atoms with Gasteiger partial charge in [0.1, 0.15) is 13.6 Å². The first kappa shape index (κ1) is 8.79. The van der Waals surface area contributed by atoms with Gasteiger partial charge in [0, 0.05) is 0 Å². The topological polar surface area (TPSA) is 35.2 Å². The Morgan fingerprint density at radius 3 is 2.18 bits per heavy atom. The maximum Gasteiger partial charge on any atom is 0.129 e. The second-order valence-electron chi connectivity index (χ2n) is 4.15. The Balaban J connectivity index is 2.56. The van der Waals surface area contributed by atoms with Crippen LogP contribution in [0.2, 0.25) is 19.6 Å². The molecule has 0 amide bonds. The summed E-state index contributed by atoms with van der Waals surface area (Å²) in [5.41, 5.74) is 8.76. The predicted octanol–water partition coefficient (Wildman–Crippen LogP) is 0.595. The molecule has 0 atom stereocenters. The van der Waals surface area contributed by atoms with Crippen molar-refractivity contribution in [1.29, 1.82) is 0 Å². The van der Waals surface area contributed by atoms with E-state index in [1.165, 1.54) is 0 Å². The van der Waals surface area contributed by atoms with Gasteiger partial charge in [0.05, 0.1) is 13.2 Å². The molecule has 0 aliphatic carbocycles. The molecule has 2 nitrogen and oxygen atoms in total. The van der Waals surface area contributed by atoms with Crippen LogP contribution in [-0.4, -0.2) is 26.8 Å². The van der Waals surface area contributed by atoms with Gasteiger partial charge in [-0.15, -0.1) is 5.54 Å². The van der Waals surface area contributed by atoms with E-state index in [1.54, 1.807) is 0 Å². The Morgan fingerprint density at radius 2 is 1.91 bits per heavy atom. The molecule has 0 aromatic carbocycles. The lowest BCUT2D eigenvalue weighted by molar-refractivity contribution is -0.0228. The molecule has 0 radical (unpaired) electrons. The fourth-order valence-corrected chi connectivity index (χ4v) is 1.33. The van der Waals surface area contributed by atoms with Crippen molar-refractivity contribution in [3.8, 4) is 11.5 Å². The van der Waals surface area contributed by atoms with Crippen LogP contribution >= 0.6 is 0 Å². The second-order valence-corrected chi connectivity index (χ2v) is 8.90. The van der Waals surface area contributed by atoms with Crippen molar-refractivity contribution in [2.75, 3.05) is 13.2 Å². The van der Waals surface area contributed by atoms with Crippen molar-refractivity contribution < 1.29 is 4.74 Å². The highest BCUT2D eigenvalue weighted by molar-refractivity contribution is 6.83. The number of hydrogen-bond acceptors (Lipinski definition) is 2. The molecule has 0 aromatic rings. The van der Waals surface area contributed by atoms with Crippen molar-refractivity contribution in [3.63, 3.8) is 0 Å². The summed E-state index contributed by atoms with van der Waals surface area (Å²) in [6.45, 7) is 7.84. The van der Waals surface area contributed by atoms with E-state index in [9.17, 15) is 0 Å². The van der Waals surface area contributed by atoms with Crippen molar-refractivity contribution in [2.45, 2.75) is 25.2 Å². The molecule has 0 bridgehead atoms. The Kier molecular flexibility index (Phi) is 2.10. The van der Waals surface area contributed by atoms with Crippen molar-refractivity contribution in [3.05, 3.63) is 0 Å². The van der Waals surface area contributed by atoms with Crippen molar-refractivity contribution >= 4 is 8.07 Å². The van der Waals surface area contributed by atoms with E-state index >= 15 is 0 Å². The molecule has 1 aliphatic heterocycles. The molecule has 0 aromatic heterocycles. The molecule has 0 spiro atoms. The smallest absolute Gasteiger partial charge is 0.129 e. The molecule has 1 aliphatic rings. The summed E-state index contributed by atoms with van der Waals surface area (Å²) in [4.78, 5) is 0. The quantitative estimate of drug-likeness (QED) is 0.425. The minimum Gasteiger partial charge on any atom is -0.375 e. The van der Waals surface area contributed by atoms with Crippen LogP contribution in [0.15, 0.2) is 0 Å². The van der Waals surface area contributed by atoms with Crippen LogP contribution in [-0.2, 0) is 4.74 Å². The summed E-state index contributed by atoms with van der Waals surface area (Å²) in [7, 11) is -1.25. The predicted molar refractivity (Wildman–Crippen MR) is 48.9 cm³/mol. The first-order valence-corrected chi connectivity index (χ1v) is 7.32. The van der Waals surface area contributed by atoms with Gasteiger partial charge in [-0.05, 0) is 0 Å². The van der Waals surface area contributed by atoms with Crippen LogP contribution in [0.5, 0.6) is 0 Å². The van der Waals surface area contributed by atoms with Gasteiger partial charge in [-0.25, -0.2) is 0 Å². The van der Waals surface area contributed by atoms with Crippen molar-refractivity contribution in [2.24, 2.45) is 5.73 Å². The van der Waals surface area contributed by atoms with Gasteiger partial charge < -0.3 is 10.5 Å². The normalized spacial score (nSPS) is 21.5. The molecule has 1 heterocycles. The highest BCUT2D eigenvalue weighted by atomic mass is 28.3. The average molecular weight is 169 g/mol. The van der Waals surface area contributed by atoms with E-state index in [2.05, 4.69) is 31.1 Å². The van der Waals surface area contributed by atoms with E-state index in [4.69, 9.17) is 10.5 Å². The van der Waals surface area contributed by atoms with E-state index in [1.807, 2.05) is 0 Å². The highest BCUT2D eigenvalue weighted by Crippen LogP contribution is 2.12. The van der Waals surface area contributed by atoms with E-state index in [0.29, 0.717) is 13.2 Å². The van der Waals surface area contributed by atoms with Gasteiger partial charge in [-0.1, -0.05) is 25.6 Å². The van der Waals surface area contributed by atoms with E-state index in [-0.39, 0.29) is 5.54 Å². The Labute approximate surface area is 69.1 Å². The summed E-state index contributed by atoms with van der Waals surface area (Å²) in [6, 6.07) is 0. The number of rotatable bonds is 0. The summed E-state index contributed by atoms with van der Waals surface area (Å²) in [5, 5.41) is 0. The summed E-state index contributed by atoms with van der Waals surface area (Å²) >= 11 is 0. The molecule has 62 valence electrons.